The maximum absolute atomic E-state index is 13.2. The van der Waals surface area contributed by atoms with Crippen LogP contribution in [0.5, 0.6) is 0 Å². The molecule has 9 nitrogen and oxygen atoms in total. The number of aryl methyl sites for hydroxylation is 2. The summed E-state index contributed by atoms with van der Waals surface area (Å²) >= 11 is 0. The lowest BCUT2D eigenvalue weighted by atomic mass is 9.72. The molecule has 2 atom stereocenters. The van der Waals surface area contributed by atoms with Crippen molar-refractivity contribution in [1.29, 1.82) is 0 Å². The van der Waals surface area contributed by atoms with Crippen LogP contribution in [0.15, 0.2) is 36.7 Å². The van der Waals surface area contributed by atoms with Crippen molar-refractivity contribution < 1.29 is 31.2 Å². The van der Waals surface area contributed by atoms with Crippen LogP contribution in [0.25, 0.3) is 0 Å². The van der Waals surface area contributed by atoms with Gasteiger partial charge in [0.25, 0.3) is 5.91 Å². The van der Waals surface area contributed by atoms with Gasteiger partial charge in [-0.05, 0) is 58.1 Å². The first-order valence-corrected chi connectivity index (χ1v) is 15.5. The number of nitrogens with zero attached hydrogens (tertiary/aromatic N) is 5. The molecule has 2 unspecified atom stereocenters. The summed E-state index contributed by atoms with van der Waals surface area (Å²) in [5.74, 6) is 1.01. The summed E-state index contributed by atoms with van der Waals surface area (Å²) in [6.45, 7) is 12.8. The Morgan fingerprint density at radius 3 is 2.02 bits per heavy atom. The Kier molecular flexibility index (Phi) is 9.43. The van der Waals surface area contributed by atoms with Crippen LogP contribution in [0.4, 0.5) is 13.2 Å². The minimum atomic E-state index is -4.64. The molecule has 3 saturated heterocycles. The molecule has 0 N–H and O–H groups in total. The Hall–Kier alpha value is -2.90. The number of carbonyl (C=O) groups is 2. The third-order valence-electron chi connectivity index (χ3n) is 8.63. The van der Waals surface area contributed by atoms with Crippen molar-refractivity contribution in [2.24, 2.45) is 11.8 Å². The fourth-order valence-corrected chi connectivity index (χ4v) is 7.71. The van der Waals surface area contributed by atoms with E-state index in [1.165, 1.54) is 11.9 Å². The summed E-state index contributed by atoms with van der Waals surface area (Å²) in [5.41, 5.74) is 3.22. The number of alkyl halides is 3. The minimum absolute atomic E-state index is 0.0514. The second kappa shape index (κ2) is 12.4. The fourth-order valence-electron chi connectivity index (χ4n) is 6.26. The van der Waals surface area contributed by atoms with Gasteiger partial charge < -0.3 is 9.80 Å². The van der Waals surface area contributed by atoms with E-state index in [1.807, 2.05) is 36.9 Å². The molecule has 1 amide bonds. The van der Waals surface area contributed by atoms with E-state index in [2.05, 4.69) is 27.0 Å². The summed E-state index contributed by atoms with van der Waals surface area (Å²) in [7, 11) is -3.24. The molecule has 0 radical (unpaired) electrons. The van der Waals surface area contributed by atoms with Crippen LogP contribution < -0.4 is 0 Å². The minimum Gasteiger partial charge on any atom is -0.338 e. The zero-order chi connectivity index (χ0) is 30.9. The smallest absolute Gasteiger partial charge is 0.338 e. The van der Waals surface area contributed by atoms with Gasteiger partial charge in [-0.1, -0.05) is 30.3 Å². The summed E-state index contributed by atoms with van der Waals surface area (Å²) in [6.07, 6.45) is -3.25. The highest BCUT2D eigenvalue weighted by atomic mass is 32.2. The van der Waals surface area contributed by atoms with Crippen molar-refractivity contribution in [2.75, 3.05) is 45.8 Å². The van der Waals surface area contributed by atoms with Gasteiger partial charge in [0.15, 0.2) is 0 Å². The highest BCUT2D eigenvalue weighted by Crippen LogP contribution is 2.41. The number of aromatic nitrogens is 2. The molecule has 0 saturated carbocycles. The second-order valence-corrected chi connectivity index (χ2v) is 14.3. The van der Waals surface area contributed by atoms with Crippen LogP contribution in [0, 0.1) is 25.7 Å². The van der Waals surface area contributed by atoms with E-state index >= 15 is 0 Å². The molecule has 4 heterocycles. The average molecular weight is 610 g/mol. The first-order valence-electron chi connectivity index (χ1n) is 14.0. The van der Waals surface area contributed by atoms with E-state index in [0.29, 0.717) is 30.5 Å². The maximum atomic E-state index is 13.2. The third-order valence-corrected chi connectivity index (χ3v) is 10.8. The molecule has 42 heavy (non-hydrogen) atoms. The maximum Gasteiger partial charge on any atom is 0.446 e. The van der Waals surface area contributed by atoms with Crippen LogP contribution in [-0.2, 0) is 20.2 Å². The number of amides is 1. The quantitative estimate of drug-likeness (QED) is 0.444. The van der Waals surface area contributed by atoms with Gasteiger partial charge in [-0.2, -0.15) is 17.5 Å². The van der Waals surface area contributed by atoms with Gasteiger partial charge in [0.2, 0.25) is 16.3 Å². The molecule has 1 aromatic heterocycles. The van der Waals surface area contributed by atoms with Gasteiger partial charge in [0, 0.05) is 44.7 Å². The van der Waals surface area contributed by atoms with Crippen LogP contribution in [0.1, 0.15) is 47.6 Å². The molecule has 3 aliphatic heterocycles. The van der Waals surface area contributed by atoms with Gasteiger partial charge in [0.1, 0.15) is 6.33 Å². The Morgan fingerprint density at radius 2 is 1.55 bits per heavy atom. The predicted molar refractivity (Wildman–Crippen MR) is 151 cm³/mol. The van der Waals surface area contributed by atoms with Gasteiger partial charge in [-0.15, -0.1) is 0 Å². The van der Waals surface area contributed by atoms with Crippen LogP contribution in [0.2, 0.25) is 0 Å². The molecule has 5 rings (SSSR count). The number of aldehydes is 1. The van der Waals surface area contributed by atoms with E-state index in [4.69, 9.17) is 4.79 Å². The molecular weight excluding hydrogens is 571 g/mol. The van der Waals surface area contributed by atoms with E-state index in [9.17, 15) is 26.4 Å². The molecule has 13 heteroatoms. The third kappa shape index (κ3) is 6.84. The van der Waals surface area contributed by atoms with Gasteiger partial charge in [-0.3, -0.25) is 9.59 Å². The molecule has 3 fully saturated rings. The topological polar surface area (TPSA) is 104 Å². The number of hydrogen-bond acceptors (Lipinski definition) is 7. The summed E-state index contributed by atoms with van der Waals surface area (Å²) in [5, 5.41) is -0.398. The van der Waals surface area contributed by atoms with Gasteiger partial charge >= 0.3 is 6.18 Å². The highest BCUT2D eigenvalue weighted by molar-refractivity contribution is 7.89. The zero-order valence-corrected chi connectivity index (χ0v) is 25.2. The van der Waals surface area contributed by atoms with E-state index in [-0.39, 0.29) is 11.3 Å². The molecular formula is C29H38F3N5O4S. The second-order valence-electron chi connectivity index (χ2n) is 11.8. The number of benzene rings is 1. The van der Waals surface area contributed by atoms with E-state index < -0.39 is 27.7 Å². The number of hydrogen-bond donors (Lipinski definition) is 0. The lowest BCUT2D eigenvalue weighted by Gasteiger charge is -2.51. The van der Waals surface area contributed by atoms with Crippen molar-refractivity contribution in [1.82, 2.24) is 24.1 Å². The molecule has 0 bridgehead atoms. The van der Waals surface area contributed by atoms with Gasteiger partial charge in [0.05, 0.1) is 22.2 Å². The van der Waals surface area contributed by atoms with Crippen molar-refractivity contribution >= 4 is 22.2 Å². The lowest BCUT2D eigenvalue weighted by molar-refractivity contribution is -0.156. The number of fused-ring (bicyclic) bond motifs is 1. The van der Waals surface area contributed by atoms with Crippen molar-refractivity contribution in [2.45, 2.75) is 51.0 Å². The average Bonchev–Trinajstić information content (AvgIpc) is 3.47. The first-order chi connectivity index (χ1) is 19.7. The van der Waals surface area contributed by atoms with Crippen LogP contribution in [0.3, 0.4) is 0 Å². The fraction of sp³-hybridized carbons (Fsp3) is 0.586. The zero-order valence-electron chi connectivity index (χ0n) is 24.3. The standard InChI is InChI=1S/C27H37N5O3S.C2HF3O/c1-19(2)36(34,35)32-16-27(17-32,24-8-6-5-7-9-24)10-11-30-12-22-14-31(15-23(22)13-30)26(33)25-20(3)28-18-29-21(25)4;3-2(4,5)1-6/h5-9,18-19,22-23H,10-17H2,1-4H3;1H. The van der Waals surface area contributed by atoms with Crippen LogP contribution >= 0.6 is 0 Å². The first kappa shape index (κ1) is 32.0. The Morgan fingerprint density at radius 1 is 1.02 bits per heavy atom. The largest absolute Gasteiger partial charge is 0.446 e. The summed E-state index contributed by atoms with van der Waals surface area (Å²) in [6, 6.07) is 10.4. The van der Waals surface area contributed by atoms with Crippen molar-refractivity contribution in [3.05, 3.63) is 59.2 Å². The predicted octanol–water partition coefficient (Wildman–Crippen LogP) is 3.23. The number of likely N-dealkylation sites (tertiary alicyclic amines) is 2. The SMILES string of the molecule is Cc1ncnc(C)c1C(=O)N1CC2CN(CCC3(c4ccccc4)CN(S(=O)(=O)C(C)C)C3)CC2C1.O=CC(F)(F)F. The van der Waals surface area contributed by atoms with Crippen LogP contribution in [-0.4, -0.2) is 102 Å². The summed E-state index contributed by atoms with van der Waals surface area (Å²) < 4.78 is 58.4. The van der Waals surface area contributed by atoms with Crippen molar-refractivity contribution in [3.8, 4) is 0 Å². The van der Waals surface area contributed by atoms with E-state index in [1.54, 1.807) is 18.2 Å². The number of carbonyl (C=O) groups excluding carboxylic acids is 2. The molecule has 0 aliphatic carbocycles. The number of rotatable bonds is 7. The monoisotopic (exact) mass is 609 g/mol. The lowest BCUT2D eigenvalue weighted by Crippen LogP contribution is -2.62. The Labute approximate surface area is 245 Å². The number of halogens is 3. The van der Waals surface area contributed by atoms with E-state index in [0.717, 1.165) is 50.5 Å². The summed E-state index contributed by atoms with van der Waals surface area (Å²) in [4.78, 5) is 34.9. The highest BCUT2D eigenvalue weighted by Gasteiger charge is 2.50. The normalized spacial score (nSPS) is 22.3. The Bertz CT molecular complexity index is 1350. The Balaban J connectivity index is 0.000000612. The molecule has 0 spiro atoms. The van der Waals surface area contributed by atoms with Gasteiger partial charge in [-0.25, -0.2) is 18.4 Å². The molecule has 3 aliphatic rings. The van der Waals surface area contributed by atoms with Crippen molar-refractivity contribution in [3.63, 3.8) is 0 Å². The number of sulfonamides is 1. The molecule has 1 aromatic carbocycles. The molecule has 230 valence electrons. The molecule has 2 aromatic rings.